The zero-order chi connectivity index (χ0) is 13.1. The largest absolute Gasteiger partial charge is 0.378 e. The summed E-state index contributed by atoms with van der Waals surface area (Å²) in [5.74, 6) is 0.0624. The van der Waals surface area contributed by atoms with E-state index in [4.69, 9.17) is 4.74 Å². The zero-order valence-corrected chi connectivity index (χ0v) is 11.8. The molecule has 1 unspecified atom stereocenters. The summed E-state index contributed by atoms with van der Waals surface area (Å²) in [4.78, 5) is 14.4. The molecule has 1 fully saturated rings. The van der Waals surface area contributed by atoms with Crippen molar-refractivity contribution < 1.29 is 9.53 Å². The van der Waals surface area contributed by atoms with Crippen molar-refractivity contribution in [3.05, 3.63) is 11.3 Å². The van der Waals surface area contributed by atoms with Crippen molar-refractivity contribution >= 4 is 22.4 Å². The van der Waals surface area contributed by atoms with Crippen LogP contribution >= 0.6 is 11.5 Å². The molecule has 0 saturated carbocycles. The molecular weight excluding hydrogens is 250 g/mol. The fourth-order valence-corrected chi connectivity index (χ4v) is 2.84. The highest BCUT2D eigenvalue weighted by molar-refractivity contribution is 7.10. The molecule has 2 heterocycles. The Morgan fingerprint density at radius 3 is 3.11 bits per heavy atom. The number of carbonyl (C=O) groups is 1. The van der Waals surface area contributed by atoms with Crippen LogP contribution in [0.25, 0.3) is 0 Å². The van der Waals surface area contributed by atoms with E-state index in [2.05, 4.69) is 16.6 Å². The minimum absolute atomic E-state index is 0.0624. The van der Waals surface area contributed by atoms with E-state index in [1.165, 1.54) is 11.5 Å². The van der Waals surface area contributed by atoms with Crippen molar-refractivity contribution in [2.24, 2.45) is 0 Å². The summed E-state index contributed by atoms with van der Waals surface area (Å²) in [6.45, 7) is 5.91. The Labute approximate surface area is 111 Å². The molecule has 1 amide bonds. The van der Waals surface area contributed by atoms with Crippen LogP contribution in [-0.2, 0) is 4.74 Å². The van der Waals surface area contributed by atoms with Gasteiger partial charge in [0.25, 0.3) is 5.91 Å². The Morgan fingerprint density at radius 2 is 2.44 bits per heavy atom. The van der Waals surface area contributed by atoms with Crippen LogP contribution in [0.5, 0.6) is 0 Å². The summed E-state index contributed by atoms with van der Waals surface area (Å²) >= 11 is 1.34. The fraction of sp³-hybridized carbons (Fsp3) is 0.667. The molecule has 1 N–H and O–H groups in total. The molecule has 1 aliphatic heterocycles. The van der Waals surface area contributed by atoms with Crippen LogP contribution in [0.4, 0.5) is 5.00 Å². The lowest BCUT2D eigenvalue weighted by Crippen LogP contribution is -2.45. The Morgan fingerprint density at radius 1 is 1.67 bits per heavy atom. The fourth-order valence-electron chi connectivity index (χ4n) is 2.10. The number of aryl methyl sites for hydroxylation is 1. The number of anilines is 1. The van der Waals surface area contributed by atoms with E-state index >= 15 is 0 Å². The molecule has 1 aromatic heterocycles. The monoisotopic (exact) mass is 269 g/mol. The van der Waals surface area contributed by atoms with Crippen LogP contribution in [0.2, 0.25) is 0 Å². The van der Waals surface area contributed by atoms with Gasteiger partial charge in [-0.3, -0.25) is 4.79 Å². The van der Waals surface area contributed by atoms with E-state index in [1.807, 2.05) is 18.9 Å². The Balaban J connectivity index is 2.17. The number of nitrogens with zero attached hydrogens (tertiary/aromatic N) is 2. The standard InChI is InChI=1S/C12H19N3O2S/c1-4-9-7-15(5-6-17-9)12(16)10-8(2)14-18-11(10)13-3/h9,13H,4-7H2,1-3H3. The molecule has 1 saturated heterocycles. The molecule has 0 aromatic carbocycles. The Kier molecular flexibility index (Phi) is 4.19. The van der Waals surface area contributed by atoms with Gasteiger partial charge in [-0.25, -0.2) is 0 Å². The van der Waals surface area contributed by atoms with E-state index < -0.39 is 0 Å². The van der Waals surface area contributed by atoms with Crippen molar-refractivity contribution in [2.75, 3.05) is 32.1 Å². The average molecular weight is 269 g/mol. The Bertz CT molecular complexity index is 433. The second-order valence-corrected chi connectivity index (χ2v) is 5.15. The van der Waals surface area contributed by atoms with Gasteiger partial charge in [0.2, 0.25) is 0 Å². The molecule has 1 aliphatic rings. The van der Waals surface area contributed by atoms with Crippen molar-refractivity contribution in [3.8, 4) is 0 Å². The summed E-state index contributed by atoms with van der Waals surface area (Å²) in [5, 5.41) is 3.88. The van der Waals surface area contributed by atoms with Gasteiger partial charge in [0.15, 0.2) is 0 Å². The van der Waals surface area contributed by atoms with E-state index in [1.54, 1.807) is 0 Å². The van der Waals surface area contributed by atoms with Crippen LogP contribution in [0, 0.1) is 6.92 Å². The van der Waals surface area contributed by atoms with Gasteiger partial charge in [0.05, 0.1) is 24.0 Å². The number of nitrogens with one attached hydrogen (secondary N) is 1. The third-order valence-electron chi connectivity index (χ3n) is 3.18. The van der Waals surface area contributed by atoms with Gasteiger partial charge in [0, 0.05) is 20.1 Å². The number of hydrogen-bond donors (Lipinski definition) is 1. The molecule has 6 heteroatoms. The highest BCUT2D eigenvalue weighted by Gasteiger charge is 2.27. The molecule has 2 rings (SSSR count). The van der Waals surface area contributed by atoms with Gasteiger partial charge in [-0.1, -0.05) is 6.92 Å². The number of hydrogen-bond acceptors (Lipinski definition) is 5. The Hall–Kier alpha value is -1.14. The van der Waals surface area contributed by atoms with E-state index in [0.717, 1.165) is 17.1 Å². The lowest BCUT2D eigenvalue weighted by atomic mass is 10.1. The van der Waals surface area contributed by atoms with E-state index in [0.29, 0.717) is 25.3 Å². The predicted octanol–water partition coefficient (Wildman–Crippen LogP) is 1.74. The maximum atomic E-state index is 12.5. The third-order valence-corrected chi connectivity index (χ3v) is 4.14. The molecule has 1 aromatic rings. The SMILES string of the molecule is CCC1CN(C(=O)c2c(C)nsc2NC)CCO1. The van der Waals surface area contributed by atoms with Gasteiger partial charge in [-0.05, 0) is 24.9 Å². The summed E-state index contributed by atoms with van der Waals surface area (Å²) < 4.78 is 9.83. The summed E-state index contributed by atoms with van der Waals surface area (Å²) in [7, 11) is 1.82. The second kappa shape index (κ2) is 5.67. The highest BCUT2D eigenvalue weighted by Crippen LogP contribution is 2.26. The quantitative estimate of drug-likeness (QED) is 0.908. The average Bonchev–Trinajstić information content (AvgIpc) is 2.79. The first-order valence-corrected chi connectivity index (χ1v) is 6.99. The van der Waals surface area contributed by atoms with Gasteiger partial charge in [0.1, 0.15) is 5.00 Å². The summed E-state index contributed by atoms with van der Waals surface area (Å²) in [6.07, 6.45) is 1.09. The molecule has 100 valence electrons. The maximum absolute atomic E-state index is 12.5. The smallest absolute Gasteiger partial charge is 0.258 e. The second-order valence-electron chi connectivity index (χ2n) is 4.37. The van der Waals surface area contributed by atoms with Crippen LogP contribution < -0.4 is 5.32 Å². The van der Waals surface area contributed by atoms with Crippen molar-refractivity contribution in [3.63, 3.8) is 0 Å². The van der Waals surface area contributed by atoms with Crippen LogP contribution in [0.3, 0.4) is 0 Å². The number of amides is 1. The van der Waals surface area contributed by atoms with Gasteiger partial charge in [-0.15, -0.1) is 0 Å². The number of ether oxygens (including phenoxy) is 1. The number of morpholine rings is 1. The van der Waals surface area contributed by atoms with E-state index in [-0.39, 0.29) is 12.0 Å². The van der Waals surface area contributed by atoms with Crippen LogP contribution in [0.15, 0.2) is 0 Å². The molecule has 0 bridgehead atoms. The molecule has 0 spiro atoms. The van der Waals surface area contributed by atoms with Gasteiger partial charge < -0.3 is 15.0 Å². The van der Waals surface area contributed by atoms with Crippen LogP contribution in [-0.4, -0.2) is 48.0 Å². The first kappa shape index (κ1) is 13.3. The van der Waals surface area contributed by atoms with Crippen molar-refractivity contribution in [1.29, 1.82) is 0 Å². The zero-order valence-electron chi connectivity index (χ0n) is 11.0. The maximum Gasteiger partial charge on any atom is 0.258 e. The van der Waals surface area contributed by atoms with Crippen molar-refractivity contribution in [1.82, 2.24) is 9.27 Å². The lowest BCUT2D eigenvalue weighted by molar-refractivity contribution is -0.0226. The summed E-state index contributed by atoms with van der Waals surface area (Å²) in [6, 6.07) is 0. The predicted molar refractivity (Wildman–Crippen MR) is 72.3 cm³/mol. The van der Waals surface area contributed by atoms with Crippen LogP contribution in [0.1, 0.15) is 29.4 Å². The normalized spacial score (nSPS) is 19.9. The number of aromatic nitrogens is 1. The minimum atomic E-state index is 0.0624. The molecule has 0 aliphatic carbocycles. The molecule has 0 radical (unpaired) electrons. The topological polar surface area (TPSA) is 54.5 Å². The minimum Gasteiger partial charge on any atom is -0.378 e. The highest BCUT2D eigenvalue weighted by atomic mass is 32.1. The summed E-state index contributed by atoms with van der Waals surface area (Å²) in [5.41, 5.74) is 1.51. The first-order valence-electron chi connectivity index (χ1n) is 6.22. The third kappa shape index (κ3) is 2.49. The number of rotatable bonds is 3. The van der Waals surface area contributed by atoms with Gasteiger partial charge in [-0.2, -0.15) is 4.37 Å². The first-order chi connectivity index (χ1) is 8.67. The molecule has 5 nitrogen and oxygen atoms in total. The molecular formula is C12H19N3O2S. The molecule has 1 atom stereocenters. The van der Waals surface area contributed by atoms with E-state index in [9.17, 15) is 4.79 Å². The number of carbonyl (C=O) groups excluding carboxylic acids is 1. The lowest BCUT2D eigenvalue weighted by Gasteiger charge is -2.32. The van der Waals surface area contributed by atoms with Crippen molar-refractivity contribution in [2.45, 2.75) is 26.4 Å². The molecule has 18 heavy (non-hydrogen) atoms. The van der Waals surface area contributed by atoms with Gasteiger partial charge >= 0.3 is 0 Å².